The third-order valence-electron chi connectivity index (χ3n) is 4.27. The summed E-state index contributed by atoms with van der Waals surface area (Å²) in [5.41, 5.74) is 3.96. The Morgan fingerprint density at radius 3 is 2.68 bits per heavy atom. The Morgan fingerprint density at radius 1 is 1.27 bits per heavy atom. The molecule has 5 nitrogen and oxygen atoms in total. The van der Waals surface area contributed by atoms with Crippen LogP contribution in [0.5, 0.6) is 0 Å². The molecule has 1 atom stereocenters. The monoisotopic (exact) mass is 298 g/mol. The number of anilines is 1. The Kier molecular flexibility index (Phi) is 3.88. The summed E-state index contributed by atoms with van der Waals surface area (Å²) in [6.45, 7) is 8.56. The van der Waals surface area contributed by atoms with Gasteiger partial charge in [0, 0.05) is 37.1 Å². The molecule has 3 rings (SSSR count). The van der Waals surface area contributed by atoms with E-state index in [1.165, 1.54) is 11.3 Å². The fourth-order valence-electron chi connectivity index (χ4n) is 3.07. The predicted molar refractivity (Wildman–Crippen MR) is 87.2 cm³/mol. The molecule has 0 saturated carbocycles. The molecular weight excluding hydrogens is 276 g/mol. The number of nitrogens with one attached hydrogen (secondary N) is 1. The highest BCUT2D eigenvalue weighted by Crippen LogP contribution is 2.23. The van der Waals surface area contributed by atoms with Crippen LogP contribution in [0, 0.1) is 13.8 Å². The van der Waals surface area contributed by atoms with E-state index in [9.17, 15) is 4.79 Å². The summed E-state index contributed by atoms with van der Waals surface area (Å²) in [5.74, 6) is 0.0151. The Bertz CT molecular complexity index is 679. The molecule has 1 aromatic carbocycles. The number of H-pyrrole nitrogens is 1. The van der Waals surface area contributed by atoms with Crippen LogP contribution < -0.4 is 4.90 Å². The number of para-hydroxylation sites is 1. The van der Waals surface area contributed by atoms with Gasteiger partial charge in [0.15, 0.2) is 0 Å². The highest BCUT2D eigenvalue weighted by Gasteiger charge is 2.29. The quantitative estimate of drug-likeness (QED) is 0.926. The van der Waals surface area contributed by atoms with Crippen LogP contribution in [0.15, 0.2) is 30.3 Å². The predicted octanol–water partition coefficient (Wildman–Crippen LogP) is 2.38. The number of aromatic amines is 1. The van der Waals surface area contributed by atoms with Crippen molar-refractivity contribution in [2.45, 2.75) is 26.8 Å². The number of nitrogens with zero attached hydrogens (tertiary/aromatic N) is 3. The van der Waals surface area contributed by atoms with Gasteiger partial charge in [-0.05, 0) is 38.5 Å². The van der Waals surface area contributed by atoms with Gasteiger partial charge in [-0.15, -0.1) is 0 Å². The van der Waals surface area contributed by atoms with Gasteiger partial charge in [-0.3, -0.25) is 9.89 Å². The molecule has 22 heavy (non-hydrogen) atoms. The standard InChI is InChI=1S/C17H22N4O/c1-12-6-4-5-7-16(12)20-8-9-21(14(3)11-20)17(22)15-10-13(2)18-19-15/h4-7,10,14H,8-9,11H2,1-3H3,(H,18,19)/t14-/m0/s1. The number of aromatic nitrogens is 2. The van der Waals surface area contributed by atoms with Crippen molar-refractivity contribution in [3.63, 3.8) is 0 Å². The molecule has 1 aliphatic rings. The van der Waals surface area contributed by atoms with Gasteiger partial charge in [0.05, 0.1) is 0 Å². The number of benzene rings is 1. The normalized spacial score (nSPS) is 18.6. The van der Waals surface area contributed by atoms with E-state index in [-0.39, 0.29) is 11.9 Å². The van der Waals surface area contributed by atoms with Crippen molar-refractivity contribution in [1.82, 2.24) is 15.1 Å². The lowest BCUT2D eigenvalue weighted by Crippen LogP contribution is -2.54. The molecule has 2 heterocycles. The van der Waals surface area contributed by atoms with Gasteiger partial charge in [-0.25, -0.2) is 0 Å². The van der Waals surface area contributed by atoms with E-state index in [0.717, 1.165) is 25.3 Å². The first kappa shape index (κ1) is 14.6. The van der Waals surface area contributed by atoms with E-state index in [1.54, 1.807) is 0 Å². The second-order valence-electron chi connectivity index (χ2n) is 6.02. The minimum absolute atomic E-state index is 0.0151. The van der Waals surface area contributed by atoms with Gasteiger partial charge >= 0.3 is 0 Å². The second-order valence-corrected chi connectivity index (χ2v) is 6.02. The largest absolute Gasteiger partial charge is 0.367 e. The van der Waals surface area contributed by atoms with Crippen molar-refractivity contribution < 1.29 is 4.79 Å². The van der Waals surface area contributed by atoms with Gasteiger partial charge in [0.25, 0.3) is 5.91 Å². The van der Waals surface area contributed by atoms with Gasteiger partial charge in [-0.1, -0.05) is 18.2 Å². The summed E-state index contributed by atoms with van der Waals surface area (Å²) in [5, 5.41) is 6.92. The van der Waals surface area contributed by atoms with Gasteiger partial charge in [0.1, 0.15) is 5.69 Å². The van der Waals surface area contributed by atoms with Gasteiger partial charge in [0.2, 0.25) is 0 Å². The first-order chi connectivity index (χ1) is 10.6. The molecule has 0 radical (unpaired) electrons. The van der Waals surface area contributed by atoms with Crippen molar-refractivity contribution in [2.24, 2.45) is 0 Å². The maximum absolute atomic E-state index is 12.6. The van der Waals surface area contributed by atoms with E-state index in [1.807, 2.05) is 17.9 Å². The lowest BCUT2D eigenvalue weighted by molar-refractivity contribution is 0.0668. The summed E-state index contributed by atoms with van der Waals surface area (Å²) in [4.78, 5) is 16.8. The zero-order valence-corrected chi connectivity index (χ0v) is 13.3. The van der Waals surface area contributed by atoms with Crippen LogP contribution >= 0.6 is 0 Å². The van der Waals surface area contributed by atoms with Crippen LogP contribution in [0.3, 0.4) is 0 Å². The average molecular weight is 298 g/mol. The number of aryl methyl sites for hydroxylation is 2. The highest BCUT2D eigenvalue weighted by atomic mass is 16.2. The molecule has 2 aromatic rings. The first-order valence-corrected chi connectivity index (χ1v) is 7.70. The Morgan fingerprint density at radius 2 is 2.05 bits per heavy atom. The van der Waals surface area contributed by atoms with Crippen molar-refractivity contribution >= 4 is 11.6 Å². The SMILES string of the molecule is Cc1cc(C(=O)N2CCN(c3ccccc3C)C[C@@H]2C)n[nH]1. The lowest BCUT2D eigenvalue weighted by Gasteiger charge is -2.41. The fraction of sp³-hybridized carbons (Fsp3) is 0.412. The first-order valence-electron chi connectivity index (χ1n) is 7.70. The Balaban J connectivity index is 1.73. The molecular formula is C17H22N4O. The van der Waals surface area contributed by atoms with Gasteiger partial charge in [-0.2, -0.15) is 5.10 Å². The molecule has 116 valence electrons. The number of hydrogen-bond donors (Lipinski definition) is 1. The molecule has 1 fully saturated rings. The number of carbonyl (C=O) groups is 1. The molecule has 0 spiro atoms. The zero-order valence-electron chi connectivity index (χ0n) is 13.3. The molecule has 5 heteroatoms. The molecule has 0 aliphatic carbocycles. The maximum Gasteiger partial charge on any atom is 0.274 e. The molecule has 1 amide bonds. The van der Waals surface area contributed by atoms with Crippen LogP contribution in [0.4, 0.5) is 5.69 Å². The van der Waals surface area contributed by atoms with Crippen molar-refractivity contribution in [2.75, 3.05) is 24.5 Å². The summed E-state index contributed by atoms with van der Waals surface area (Å²) in [7, 11) is 0. The summed E-state index contributed by atoms with van der Waals surface area (Å²) >= 11 is 0. The van der Waals surface area contributed by atoms with Crippen molar-refractivity contribution in [1.29, 1.82) is 0 Å². The van der Waals surface area contributed by atoms with Crippen molar-refractivity contribution in [3.05, 3.63) is 47.3 Å². The molecule has 0 bridgehead atoms. The third-order valence-corrected chi connectivity index (χ3v) is 4.27. The van der Waals surface area contributed by atoms with E-state index in [0.29, 0.717) is 5.69 Å². The Labute approximate surface area is 130 Å². The van der Waals surface area contributed by atoms with Crippen LogP contribution in [0.2, 0.25) is 0 Å². The van der Waals surface area contributed by atoms with E-state index < -0.39 is 0 Å². The average Bonchev–Trinajstić information content (AvgIpc) is 2.93. The Hall–Kier alpha value is -2.30. The maximum atomic E-state index is 12.6. The number of piperazine rings is 1. The van der Waals surface area contributed by atoms with Crippen LogP contribution in [0.1, 0.15) is 28.7 Å². The minimum atomic E-state index is 0.0151. The third kappa shape index (κ3) is 2.71. The molecule has 1 aliphatic heterocycles. The summed E-state index contributed by atoms with van der Waals surface area (Å²) < 4.78 is 0. The summed E-state index contributed by atoms with van der Waals surface area (Å²) in [6, 6.07) is 10.4. The van der Waals surface area contributed by atoms with E-state index >= 15 is 0 Å². The highest BCUT2D eigenvalue weighted by molar-refractivity contribution is 5.92. The van der Waals surface area contributed by atoms with Crippen molar-refractivity contribution in [3.8, 4) is 0 Å². The number of hydrogen-bond acceptors (Lipinski definition) is 3. The number of carbonyl (C=O) groups excluding carboxylic acids is 1. The molecule has 1 N–H and O–H groups in total. The molecule has 0 unspecified atom stereocenters. The number of amides is 1. The second kappa shape index (κ2) is 5.83. The van der Waals surface area contributed by atoms with E-state index in [4.69, 9.17) is 0 Å². The minimum Gasteiger partial charge on any atom is -0.367 e. The molecule has 1 saturated heterocycles. The zero-order chi connectivity index (χ0) is 15.7. The topological polar surface area (TPSA) is 52.2 Å². The van der Waals surface area contributed by atoms with Crippen LogP contribution in [-0.2, 0) is 0 Å². The summed E-state index contributed by atoms with van der Waals surface area (Å²) in [6.07, 6.45) is 0. The lowest BCUT2D eigenvalue weighted by atomic mass is 10.1. The fourth-order valence-corrected chi connectivity index (χ4v) is 3.07. The van der Waals surface area contributed by atoms with E-state index in [2.05, 4.69) is 53.2 Å². The number of rotatable bonds is 2. The smallest absolute Gasteiger partial charge is 0.274 e. The molecule has 1 aromatic heterocycles. The van der Waals surface area contributed by atoms with Crippen LogP contribution in [0.25, 0.3) is 0 Å². The van der Waals surface area contributed by atoms with Crippen LogP contribution in [-0.4, -0.2) is 46.7 Å². The van der Waals surface area contributed by atoms with Gasteiger partial charge < -0.3 is 9.80 Å².